The fourth-order valence-corrected chi connectivity index (χ4v) is 2.94. The molecule has 2 heterocycles. The van der Waals surface area contributed by atoms with Crippen LogP contribution in [0.25, 0.3) is 5.95 Å². The van der Waals surface area contributed by atoms with Gasteiger partial charge in [-0.05, 0) is 31.5 Å². The lowest BCUT2D eigenvalue weighted by molar-refractivity contribution is 0.617. The van der Waals surface area contributed by atoms with Gasteiger partial charge in [-0.3, -0.25) is 0 Å². The minimum atomic E-state index is -0.239. The molecule has 6 nitrogen and oxygen atoms in total. The average Bonchev–Trinajstić information content (AvgIpc) is 3.00. The van der Waals surface area contributed by atoms with Gasteiger partial charge in [0.05, 0.1) is 5.69 Å². The first kappa shape index (κ1) is 14.6. The number of hydrogen-bond donors (Lipinski definition) is 1. The summed E-state index contributed by atoms with van der Waals surface area (Å²) in [5, 5.41) is 13.0. The lowest BCUT2D eigenvalue weighted by atomic mass is 10.2. The number of rotatable bonds is 4. The van der Waals surface area contributed by atoms with Gasteiger partial charge in [-0.25, -0.2) is 13.7 Å². The molecule has 0 radical (unpaired) electrons. The molecule has 0 bridgehead atoms. The van der Waals surface area contributed by atoms with Gasteiger partial charge in [0.2, 0.25) is 5.16 Å². The van der Waals surface area contributed by atoms with Gasteiger partial charge in [0.1, 0.15) is 5.82 Å². The third-order valence-electron chi connectivity index (χ3n) is 3.16. The van der Waals surface area contributed by atoms with Crippen molar-refractivity contribution in [2.75, 3.05) is 5.84 Å². The molecule has 0 unspecified atom stereocenters. The minimum absolute atomic E-state index is 0.239. The van der Waals surface area contributed by atoms with Gasteiger partial charge in [-0.1, -0.05) is 30.0 Å². The number of thioether (sulfide) groups is 1. The van der Waals surface area contributed by atoms with Crippen LogP contribution in [0.1, 0.15) is 17.0 Å². The summed E-state index contributed by atoms with van der Waals surface area (Å²) in [5.74, 6) is 6.65. The van der Waals surface area contributed by atoms with E-state index < -0.39 is 0 Å². The second-order valence-electron chi connectivity index (χ2n) is 4.87. The van der Waals surface area contributed by atoms with Crippen molar-refractivity contribution in [2.45, 2.75) is 24.8 Å². The number of nitrogens with zero attached hydrogens (tertiary/aromatic N) is 5. The first-order valence-electron chi connectivity index (χ1n) is 6.66. The van der Waals surface area contributed by atoms with Gasteiger partial charge < -0.3 is 5.84 Å². The maximum atomic E-state index is 13.6. The number of hydrogen-bond acceptors (Lipinski definition) is 5. The van der Waals surface area contributed by atoms with Gasteiger partial charge in [-0.15, -0.1) is 10.2 Å². The molecule has 3 rings (SSSR count). The van der Waals surface area contributed by atoms with Crippen LogP contribution in [0.2, 0.25) is 0 Å². The van der Waals surface area contributed by atoms with E-state index in [1.54, 1.807) is 22.9 Å². The molecule has 0 spiro atoms. The van der Waals surface area contributed by atoms with Crippen LogP contribution >= 0.6 is 11.8 Å². The molecule has 1 aromatic carbocycles. The SMILES string of the molecule is Cc1cc(C)n(-c2nnc(SCc3ccccc3F)n2N)n1. The molecule has 0 amide bonds. The fourth-order valence-electron chi connectivity index (χ4n) is 2.10. The summed E-state index contributed by atoms with van der Waals surface area (Å²) in [5.41, 5.74) is 2.39. The zero-order chi connectivity index (χ0) is 15.7. The van der Waals surface area contributed by atoms with Crippen molar-refractivity contribution in [3.8, 4) is 5.95 Å². The highest BCUT2D eigenvalue weighted by molar-refractivity contribution is 7.98. The van der Waals surface area contributed by atoms with Gasteiger partial charge >= 0.3 is 0 Å². The summed E-state index contributed by atoms with van der Waals surface area (Å²) in [6, 6.07) is 8.57. The van der Waals surface area contributed by atoms with Crippen molar-refractivity contribution < 1.29 is 4.39 Å². The van der Waals surface area contributed by atoms with Crippen LogP contribution in [0.15, 0.2) is 35.5 Å². The van der Waals surface area contributed by atoms with Crippen molar-refractivity contribution in [1.82, 2.24) is 24.7 Å². The number of aryl methyl sites for hydroxylation is 2. The molecule has 2 N–H and O–H groups in total. The van der Waals surface area contributed by atoms with E-state index in [4.69, 9.17) is 5.84 Å². The predicted octanol–water partition coefficient (Wildman–Crippen LogP) is 2.23. The van der Waals surface area contributed by atoms with E-state index >= 15 is 0 Å². The molecule has 22 heavy (non-hydrogen) atoms. The van der Waals surface area contributed by atoms with E-state index in [1.807, 2.05) is 19.9 Å². The molecule has 8 heteroatoms. The Morgan fingerprint density at radius 3 is 2.68 bits per heavy atom. The first-order valence-corrected chi connectivity index (χ1v) is 7.65. The summed E-state index contributed by atoms with van der Waals surface area (Å²) in [7, 11) is 0. The second kappa shape index (κ2) is 5.80. The van der Waals surface area contributed by atoms with Gasteiger partial charge in [0.25, 0.3) is 5.95 Å². The summed E-state index contributed by atoms with van der Waals surface area (Å²) in [6.07, 6.45) is 0. The van der Waals surface area contributed by atoms with E-state index in [2.05, 4.69) is 15.3 Å². The molecule has 0 atom stereocenters. The maximum absolute atomic E-state index is 13.6. The number of aromatic nitrogens is 5. The summed E-state index contributed by atoms with van der Waals surface area (Å²) in [4.78, 5) is 0. The van der Waals surface area contributed by atoms with E-state index in [9.17, 15) is 4.39 Å². The lowest BCUT2D eigenvalue weighted by Crippen LogP contribution is -2.17. The second-order valence-corrected chi connectivity index (χ2v) is 5.81. The van der Waals surface area contributed by atoms with Crippen LogP contribution in [0.5, 0.6) is 0 Å². The Bertz CT molecular complexity index is 810. The van der Waals surface area contributed by atoms with Gasteiger partial charge in [0.15, 0.2) is 0 Å². The smallest absolute Gasteiger partial charge is 0.271 e. The molecule has 0 aliphatic rings. The van der Waals surface area contributed by atoms with Crippen molar-refractivity contribution in [2.24, 2.45) is 0 Å². The summed E-state index contributed by atoms with van der Waals surface area (Å²) < 4.78 is 16.6. The third kappa shape index (κ3) is 2.69. The molecule has 0 saturated heterocycles. The van der Waals surface area contributed by atoms with E-state index in [0.29, 0.717) is 22.4 Å². The van der Waals surface area contributed by atoms with E-state index in [-0.39, 0.29) is 5.82 Å². The fraction of sp³-hybridized carbons (Fsp3) is 0.214. The van der Waals surface area contributed by atoms with E-state index in [0.717, 1.165) is 11.4 Å². The topological polar surface area (TPSA) is 74.5 Å². The number of nitrogens with two attached hydrogens (primary N) is 1. The minimum Gasteiger partial charge on any atom is -0.334 e. The first-order chi connectivity index (χ1) is 10.6. The van der Waals surface area contributed by atoms with Crippen LogP contribution in [0.4, 0.5) is 4.39 Å². The van der Waals surface area contributed by atoms with Crippen LogP contribution < -0.4 is 5.84 Å². The van der Waals surface area contributed by atoms with Crippen molar-refractivity contribution in [3.63, 3.8) is 0 Å². The quantitative estimate of drug-likeness (QED) is 0.590. The molecule has 0 saturated carbocycles. The molecular formula is C14H15FN6S. The number of nitrogen functional groups attached to an aromatic ring is 1. The molecule has 3 aromatic rings. The van der Waals surface area contributed by atoms with Crippen LogP contribution in [-0.2, 0) is 5.75 Å². The Morgan fingerprint density at radius 1 is 1.23 bits per heavy atom. The standard InChI is InChI=1S/C14H15FN6S/c1-9-7-10(2)21(19-9)13-17-18-14(20(13)16)22-8-11-5-3-4-6-12(11)15/h3-7H,8,16H2,1-2H3. The normalized spacial score (nSPS) is 11.0. The zero-order valence-electron chi connectivity index (χ0n) is 12.2. The van der Waals surface area contributed by atoms with Gasteiger partial charge in [-0.2, -0.15) is 5.10 Å². The largest absolute Gasteiger partial charge is 0.334 e. The highest BCUT2D eigenvalue weighted by Gasteiger charge is 2.15. The van der Waals surface area contributed by atoms with Crippen molar-refractivity contribution in [3.05, 3.63) is 53.1 Å². The summed E-state index contributed by atoms with van der Waals surface area (Å²) in [6.45, 7) is 3.81. The van der Waals surface area contributed by atoms with Crippen LogP contribution in [0, 0.1) is 19.7 Å². The Labute approximate surface area is 131 Å². The molecule has 0 aliphatic carbocycles. The highest BCUT2D eigenvalue weighted by Crippen LogP contribution is 2.23. The molecule has 2 aromatic heterocycles. The van der Waals surface area contributed by atoms with Crippen molar-refractivity contribution in [1.29, 1.82) is 0 Å². The average molecular weight is 318 g/mol. The van der Waals surface area contributed by atoms with Crippen LogP contribution in [0.3, 0.4) is 0 Å². The Hall–Kier alpha value is -2.35. The predicted molar refractivity (Wildman–Crippen MR) is 82.7 cm³/mol. The Balaban J connectivity index is 1.82. The summed E-state index contributed by atoms with van der Waals surface area (Å²) >= 11 is 1.33. The zero-order valence-corrected chi connectivity index (χ0v) is 13.0. The lowest BCUT2D eigenvalue weighted by Gasteiger charge is -2.05. The Kier molecular flexibility index (Phi) is 3.84. The van der Waals surface area contributed by atoms with Gasteiger partial charge in [0, 0.05) is 11.4 Å². The van der Waals surface area contributed by atoms with E-state index in [1.165, 1.54) is 22.5 Å². The van der Waals surface area contributed by atoms with Crippen LogP contribution in [-0.4, -0.2) is 24.7 Å². The highest BCUT2D eigenvalue weighted by atomic mass is 32.2. The van der Waals surface area contributed by atoms with Crippen molar-refractivity contribution >= 4 is 11.8 Å². The molecular weight excluding hydrogens is 303 g/mol. The number of halogens is 1. The third-order valence-corrected chi connectivity index (χ3v) is 4.15. The molecule has 0 fully saturated rings. The monoisotopic (exact) mass is 318 g/mol. The maximum Gasteiger partial charge on any atom is 0.271 e. The Morgan fingerprint density at radius 2 is 2.00 bits per heavy atom. The number of benzene rings is 1. The molecule has 114 valence electrons. The molecule has 0 aliphatic heterocycles.